The molecule has 1 aromatic rings. The quantitative estimate of drug-likeness (QED) is 0.681. The molecule has 3 N–H and O–H groups in total. The molecule has 0 atom stereocenters. The average Bonchev–Trinajstić information content (AvgIpc) is 2.46. The number of rotatable bonds is 4. The molecule has 1 amide bonds. The van der Waals surface area contributed by atoms with Gasteiger partial charge in [-0.3, -0.25) is 9.78 Å². The highest BCUT2D eigenvalue weighted by Crippen LogP contribution is 2.22. The first-order valence-corrected chi connectivity index (χ1v) is 6.23. The lowest BCUT2D eigenvalue weighted by Gasteiger charge is -2.21. The number of aliphatic hydroxyl groups is 1. The largest absolute Gasteiger partial charge is 0.395 e. The molecule has 18 heavy (non-hydrogen) atoms. The number of nitrogens with zero attached hydrogens (tertiary/aromatic N) is 2. The van der Waals surface area contributed by atoms with Crippen molar-refractivity contribution in [3.05, 3.63) is 23.8 Å². The molecule has 1 aliphatic heterocycles. The number of carbonyl (C=O) groups excluding carboxylic acids is 1. The number of amides is 1. The first-order chi connectivity index (χ1) is 8.81. The lowest BCUT2D eigenvalue weighted by atomic mass is 9.95. The van der Waals surface area contributed by atoms with Crippen LogP contribution in [0.2, 0.25) is 0 Å². The molecule has 6 heteroatoms. The van der Waals surface area contributed by atoms with Crippen molar-refractivity contribution < 1.29 is 9.90 Å². The summed E-state index contributed by atoms with van der Waals surface area (Å²) in [5.74, 6) is 0.0941. The van der Waals surface area contributed by atoms with Gasteiger partial charge in [-0.25, -0.2) is 4.98 Å². The lowest BCUT2D eigenvalue weighted by Crippen LogP contribution is -2.29. The Morgan fingerprint density at radius 3 is 2.94 bits per heavy atom. The van der Waals surface area contributed by atoms with Crippen molar-refractivity contribution in [1.82, 2.24) is 20.6 Å². The molecule has 0 spiro atoms. The molecule has 0 radical (unpaired) electrons. The van der Waals surface area contributed by atoms with Crippen LogP contribution >= 0.6 is 0 Å². The van der Waals surface area contributed by atoms with Crippen molar-refractivity contribution in [2.45, 2.75) is 18.8 Å². The smallest absolute Gasteiger partial charge is 0.271 e. The minimum Gasteiger partial charge on any atom is -0.395 e. The maximum Gasteiger partial charge on any atom is 0.271 e. The van der Waals surface area contributed by atoms with Gasteiger partial charge < -0.3 is 15.7 Å². The van der Waals surface area contributed by atoms with Crippen molar-refractivity contribution in [1.29, 1.82) is 0 Å². The Hall–Kier alpha value is -1.53. The van der Waals surface area contributed by atoms with Crippen LogP contribution in [0.4, 0.5) is 0 Å². The first-order valence-electron chi connectivity index (χ1n) is 6.23. The zero-order chi connectivity index (χ0) is 12.8. The Morgan fingerprint density at radius 1 is 1.44 bits per heavy atom. The fraction of sp³-hybridized carbons (Fsp3) is 0.583. The summed E-state index contributed by atoms with van der Waals surface area (Å²) in [6.07, 6.45) is 5.24. The second-order valence-corrected chi connectivity index (χ2v) is 4.33. The Bertz CT molecular complexity index is 405. The van der Waals surface area contributed by atoms with Crippen LogP contribution in [0.1, 0.15) is 34.9 Å². The summed E-state index contributed by atoms with van der Waals surface area (Å²) in [4.78, 5) is 20.1. The van der Waals surface area contributed by atoms with E-state index >= 15 is 0 Å². The Labute approximate surface area is 106 Å². The van der Waals surface area contributed by atoms with Crippen LogP contribution < -0.4 is 10.6 Å². The molecule has 2 rings (SSSR count). The fourth-order valence-electron chi connectivity index (χ4n) is 2.06. The predicted octanol–water partition coefficient (Wildman–Crippen LogP) is -0.334. The van der Waals surface area contributed by atoms with Crippen molar-refractivity contribution in [3.63, 3.8) is 0 Å². The normalized spacial score (nSPS) is 16.5. The van der Waals surface area contributed by atoms with Gasteiger partial charge in [-0.2, -0.15) is 0 Å². The molecule has 0 bridgehead atoms. The lowest BCUT2D eigenvalue weighted by molar-refractivity contribution is 0.0939. The van der Waals surface area contributed by atoms with Crippen LogP contribution in [0, 0.1) is 0 Å². The molecular weight excluding hydrogens is 232 g/mol. The molecule has 0 saturated carbocycles. The van der Waals surface area contributed by atoms with Crippen molar-refractivity contribution in [3.8, 4) is 0 Å². The van der Waals surface area contributed by atoms with E-state index in [4.69, 9.17) is 5.11 Å². The summed E-state index contributed by atoms with van der Waals surface area (Å²) in [6.45, 7) is 2.12. The third kappa shape index (κ3) is 3.24. The summed E-state index contributed by atoms with van der Waals surface area (Å²) in [7, 11) is 0. The number of carbonyl (C=O) groups is 1. The van der Waals surface area contributed by atoms with E-state index < -0.39 is 0 Å². The molecule has 6 nitrogen and oxygen atoms in total. The second kappa shape index (κ2) is 6.42. The van der Waals surface area contributed by atoms with Gasteiger partial charge in [0.05, 0.1) is 18.5 Å². The van der Waals surface area contributed by atoms with Gasteiger partial charge in [0.15, 0.2) is 0 Å². The van der Waals surface area contributed by atoms with Crippen LogP contribution in [0.3, 0.4) is 0 Å². The molecule has 0 aliphatic carbocycles. The Balaban J connectivity index is 2.06. The number of piperidine rings is 1. The van der Waals surface area contributed by atoms with Gasteiger partial charge in [0, 0.05) is 18.7 Å². The van der Waals surface area contributed by atoms with E-state index in [0.29, 0.717) is 11.6 Å². The van der Waals surface area contributed by atoms with Crippen LogP contribution in [0.25, 0.3) is 0 Å². The maximum absolute atomic E-state index is 11.7. The minimum absolute atomic E-state index is 0.0762. The van der Waals surface area contributed by atoms with Gasteiger partial charge in [-0.05, 0) is 25.9 Å². The van der Waals surface area contributed by atoms with E-state index in [9.17, 15) is 4.79 Å². The zero-order valence-corrected chi connectivity index (χ0v) is 10.2. The van der Waals surface area contributed by atoms with Crippen LogP contribution in [-0.4, -0.2) is 47.2 Å². The van der Waals surface area contributed by atoms with Crippen LogP contribution in [-0.2, 0) is 0 Å². The van der Waals surface area contributed by atoms with Gasteiger partial charge in [0.1, 0.15) is 5.69 Å². The number of hydrogen-bond acceptors (Lipinski definition) is 5. The summed E-state index contributed by atoms with van der Waals surface area (Å²) in [6, 6.07) is 0. The summed E-state index contributed by atoms with van der Waals surface area (Å²) in [5.41, 5.74) is 1.20. The van der Waals surface area contributed by atoms with Gasteiger partial charge in [0.2, 0.25) is 0 Å². The highest BCUT2D eigenvalue weighted by molar-refractivity contribution is 5.91. The third-order valence-corrected chi connectivity index (χ3v) is 3.04. The highest BCUT2D eigenvalue weighted by Gasteiger charge is 2.18. The van der Waals surface area contributed by atoms with E-state index in [1.165, 1.54) is 6.20 Å². The van der Waals surface area contributed by atoms with E-state index in [1.54, 1.807) is 6.20 Å². The summed E-state index contributed by atoms with van der Waals surface area (Å²) < 4.78 is 0. The van der Waals surface area contributed by atoms with E-state index in [-0.39, 0.29) is 19.1 Å². The number of aliphatic hydroxyl groups excluding tert-OH is 1. The maximum atomic E-state index is 11.7. The molecule has 2 heterocycles. The molecule has 1 saturated heterocycles. The standard InChI is InChI=1S/C12H18N4O2/c17-6-5-15-12(18)11-8-14-7-10(16-11)9-1-3-13-4-2-9/h7-9,13,17H,1-6H2,(H,15,18). The molecule has 0 unspecified atom stereocenters. The van der Waals surface area contributed by atoms with Crippen molar-refractivity contribution in [2.24, 2.45) is 0 Å². The first kappa shape index (κ1) is 12.9. The Kier molecular flexibility index (Phi) is 4.60. The molecule has 1 aromatic heterocycles. The van der Waals surface area contributed by atoms with Crippen molar-refractivity contribution in [2.75, 3.05) is 26.2 Å². The van der Waals surface area contributed by atoms with Gasteiger partial charge in [-0.1, -0.05) is 0 Å². The van der Waals surface area contributed by atoms with Gasteiger partial charge >= 0.3 is 0 Å². The monoisotopic (exact) mass is 250 g/mol. The van der Waals surface area contributed by atoms with E-state index in [1.807, 2.05) is 0 Å². The number of hydrogen-bond donors (Lipinski definition) is 3. The van der Waals surface area contributed by atoms with Gasteiger partial charge in [-0.15, -0.1) is 0 Å². The molecule has 0 aromatic carbocycles. The topological polar surface area (TPSA) is 87.1 Å². The van der Waals surface area contributed by atoms with Crippen LogP contribution in [0.15, 0.2) is 12.4 Å². The fourth-order valence-corrected chi connectivity index (χ4v) is 2.06. The Morgan fingerprint density at radius 2 is 2.22 bits per heavy atom. The van der Waals surface area contributed by atoms with Crippen LogP contribution in [0.5, 0.6) is 0 Å². The third-order valence-electron chi connectivity index (χ3n) is 3.04. The predicted molar refractivity (Wildman–Crippen MR) is 66.3 cm³/mol. The van der Waals surface area contributed by atoms with E-state index in [2.05, 4.69) is 20.6 Å². The SMILES string of the molecule is O=C(NCCO)c1cncc(C2CCNCC2)n1. The van der Waals surface area contributed by atoms with E-state index in [0.717, 1.165) is 31.6 Å². The second-order valence-electron chi connectivity index (χ2n) is 4.33. The number of nitrogens with one attached hydrogen (secondary N) is 2. The van der Waals surface area contributed by atoms with Crippen molar-refractivity contribution >= 4 is 5.91 Å². The molecule has 98 valence electrons. The zero-order valence-electron chi connectivity index (χ0n) is 10.2. The molecule has 1 fully saturated rings. The minimum atomic E-state index is -0.285. The molecular formula is C12H18N4O2. The molecule has 1 aliphatic rings. The number of aromatic nitrogens is 2. The average molecular weight is 250 g/mol. The van der Waals surface area contributed by atoms with Gasteiger partial charge in [0.25, 0.3) is 5.91 Å². The summed E-state index contributed by atoms with van der Waals surface area (Å²) in [5, 5.41) is 14.5. The highest BCUT2D eigenvalue weighted by atomic mass is 16.3. The summed E-state index contributed by atoms with van der Waals surface area (Å²) >= 11 is 0.